The molecular formula is C13H17N3. The quantitative estimate of drug-likeness (QED) is 0.855. The maximum absolute atomic E-state index is 4.41. The molecule has 0 radical (unpaired) electrons. The van der Waals surface area contributed by atoms with Gasteiger partial charge in [-0.05, 0) is 30.5 Å². The van der Waals surface area contributed by atoms with Gasteiger partial charge in [-0.25, -0.2) is 4.98 Å². The Morgan fingerprint density at radius 1 is 1.19 bits per heavy atom. The Bertz CT molecular complexity index is 486. The highest BCUT2D eigenvalue weighted by Gasteiger charge is 2.03. The molecule has 0 saturated heterocycles. The molecule has 0 aliphatic rings. The fourth-order valence-electron chi connectivity index (χ4n) is 1.68. The van der Waals surface area contributed by atoms with E-state index < -0.39 is 0 Å². The summed E-state index contributed by atoms with van der Waals surface area (Å²) in [5.41, 5.74) is 3.94. The Kier molecular flexibility index (Phi) is 3.04. The number of nitrogens with one attached hydrogen (secondary N) is 1. The van der Waals surface area contributed by atoms with E-state index in [2.05, 4.69) is 54.2 Å². The Hall–Kier alpha value is -1.64. The van der Waals surface area contributed by atoms with Crippen molar-refractivity contribution in [3.63, 3.8) is 0 Å². The predicted octanol–water partition coefficient (Wildman–Crippen LogP) is 2.57. The summed E-state index contributed by atoms with van der Waals surface area (Å²) in [7, 11) is 0. The van der Waals surface area contributed by atoms with Crippen LogP contribution in [-0.4, -0.2) is 15.2 Å². The van der Waals surface area contributed by atoms with Gasteiger partial charge in [0.05, 0.1) is 0 Å². The van der Waals surface area contributed by atoms with Crippen molar-refractivity contribution in [2.24, 2.45) is 0 Å². The highest BCUT2D eigenvalue weighted by atomic mass is 15.2. The molecule has 0 amide bonds. The van der Waals surface area contributed by atoms with E-state index in [1.165, 1.54) is 16.7 Å². The molecule has 1 aromatic carbocycles. The molecule has 0 bridgehead atoms. The number of aromatic amines is 1. The molecule has 0 saturated carbocycles. The molecule has 2 rings (SSSR count). The summed E-state index contributed by atoms with van der Waals surface area (Å²) in [6.45, 7) is 6.32. The SMILES string of the molecule is CCc1n[nH]c(Cc2ccc(C)c(C)c2)n1. The van der Waals surface area contributed by atoms with Crippen LogP contribution in [0.3, 0.4) is 0 Å². The summed E-state index contributed by atoms with van der Waals surface area (Å²) < 4.78 is 0. The number of aryl methyl sites for hydroxylation is 3. The smallest absolute Gasteiger partial charge is 0.150 e. The van der Waals surface area contributed by atoms with E-state index in [-0.39, 0.29) is 0 Å². The Labute approximate surface area is 95.9 Å². The summed E-state index contributed by atoms with van der Waals surface area (Å²) in [6.07, 6.45) is 1.71. The van der Waals surface area contributed by atoms with Gasteiger partial charge in [0.15, 0.2) is 0 Å². The molecular weight excluding hydrogens is 198 g/mol. The van der Waals surface area contributed by atoms with Crippen LogP contribution in [0.1, 0.15) is 35.3 Å². The first-order valence-electron chi connectivity index (χ1n) is 5.65. The fraction of sp³-hybridized carbons (Fsp3) is 0.385. The van der Waals surface area contributed by atoms with Gasteiger partial charge in [-0.2, -0.15) is 5.10 Å². The van der Waals surface area contributed by atoms with Crippen LogP contribution in [0.2, 0.25) is 0 Å². The molecule has 0 fully saturated rings. The minimum Gasteiger partial charge on any atom is -0.263 e. The average Bonchev–Trinajstić information content (AvgIpc) is 2.71. The highest BCUT2D eigenvalue weighted by Crippen LogP contribution is 2.12. The van der Waals surface area contributed by atoms with Crippen molar-refractivity contribution >= 4 is 0 Å². The van der Waals surface area contributed by atoms with E-state index in [0.717, 1.165) is 24.5 Å². The lowest BCUT2D eigenvalue weighted by molar-refractivity contribution is 0.942. The lowest BCUT2D eigenvalue weighted by Crippen LogP contribution is -1.93. The average molecular weight is 215 g/mol. The van der Waals surface area contributed by atoms with E-state index in [4.69, 9.17) is 0 Å². The molecule has 0 aliphatic carbocycles. The second-order valence-electron chi connectivity index (χ2n) is 4.15. The van der Waals surface area contributed by atoms with Gasteiger partial charge in [-0.1, -0.05) is 25.1 Å². The zero-order valence-corrected chi connectivity index (χ0v) is 10.0. The van der Waals surface area contributed by atoms with Crippen molar-refractivity contribution < 1.29 is 0 Å². The van der Waals surface area contributed by atoms with Gasteiger partial charge in [-0.15, -0.1) is 0 Å². The Morgan fingerprint density at radius 2 is 2.00 bits per heavy atom. The van der Waals surface area contributed by atoms with Gasteiger partial charge in [0.1, 0.15) is 11.6 Å². The predicted molar refractivity (Wildman–Crippen MR) is 64.5 cm³/mol. The molecule has 0 spiro atoms. The van der Waals surface area contributed by atoms with Crippen LogP contribution in [0, 0.1) is 13.8 Å². The maximum Gasteiger partial charge on any atom is 0.150 e. The fourth-order valence-corrected chi connectivity index (χ4v) is 1.68. The first-order chi connectivity index (χ1) is 7.69. The molecule has 84 valence electrons. The third-order valence-corrected chi connectivity index (χ3v) is 2.84. The molecule has 1 aromatic heterocycles. The molecule has 16 heavy (non-hydrogen) atoms. The van der Waals surface area contributed by atoms with Gasteiger partial charge in [0.25, 0.3) is 0 Å². The first-order valence-corrected chi connectivity index (χ1v) is 5.65. The summed E-state index contributed by atoms with van der Waals surface area (Å²) in [6, 6.07) is 6.52. The zero-order valence-electron chi connectivity index (χ0n) is 10.0. The number of H-pyrrole nitrogens is 1. The summed E-state index contributed by atoms with van der Waals surface area (Å²) in [5, 5.41) is 7.11. The van der Waals surface area contributed by atoms with Crippen molar-refractivity contribution in [1.29, 1.82) is 0 Å². The molecule has 2 aromatic rings. The van der Waals surface area contributed by atoms with Crippen molar-refractivity contribution in [2.75, 3.05) is 0 Å². The number of aromatic nitrogens is 3. The van der Waals surface area contributed by atoms with Crippen LogP contribution in [0.15, 0.2) is 18.2 Å². The van der Waals surface area contributed by atoms with Crippen molar-refractivity contribution in [3.8, 4) is 0 Å². The van der Waals surface area contributed by atoms with Crippen LogP contribution in [0.4, 0.5) is 0 Å². The van der Waals surface area contributed by atoms with Gasteiger partial charge >= 0.3 is 0 Å². The highest BCUT2D eigenvalue weighted by molar-refractivity contribution is 5.31. The molecule has 1 heterocycles. The topological polar surface area (TPSA) is 41.6 Å². The Balaban J connectivity index is 2.17. The molecule has 1 N–H and O–H groups in total. The van der Waals surface area contributed by atoms with Crippen molar-refractivity contribution in [1.82, 2.24) is 15.2 Å². The minimum absolute atomic E-state index is 0.828. The van der Waals surface area contributed by atoms with Crippen LogP contribution < -0.4 is 0 Å². The molecule has 0 atom stereocenters. The van der Waals surface area contributed by atoms with E-state index in [1.54, 1.807) is 0 Å². The lowest BCUT2D eigenvalue weighted by atomic mass is 10.0. The third-order valence-electron chi connectivity index (χ3n) is 2.84. The summed E-state index contributed by atoms with van der Waals surface area (Å²) in [5.74, 6) is 1.83. The Morgan fingerprint density at radius 3 is 2.62 bits per heavy atom. The number of hydrogen-bond acceptors (Lipinski definition) is 2. The largest absolute Gasteiger partial charge is 0.263 e. The number of hydrogen-bond donors (Lipinski definition) is 1. The van der Waals surface area contributed by atoms with Crippen LogP contribution in [-0.2, 0) is 12.8 Å². The van der Waals surface area contributed by atoms with Gasteiger partial charge < -0.3 is 0 Å². The zero-order chi connectivity index (χ0) is 11.5. The minimum atomic E-state index is 0.828. The first kappa shape index (κ1) is 10.9. The standard InChI is InChI=1S/C13H17N3/c1-4-12-14-13(16-15-12)8-11-6-5-9(2)10(3)7-11/h5-7H,4,8H2,1-3H3,(H,14,15,16). The monoisotopic (exact) mass is 215 g/mol. The lowest BCUT2D eigenvalue weighted by Gasteiger charge is -2.03. The second kappa shape index (κ2) is 4.47. The van der Waals surface area contributed by atoms with Gasteiger partial charge in [0.2, 0.25) is 0 Å². The van der Waals surface area contributed by atoms with E-state index in [0.29, 0.717) is 0 Å². The van der Waals surface area contributed by atoms with E-state index in [9.17, 15) is 0 Å². The van der Waals surface area contributed by atoms with Gasteiger partial charge in [-0.3, -0.25) is 5.10 Å². The normalized spacial score (nSPS) is 10.7. The van der Waals surface area contributed by atoms with Gasteiger partial charge in [0, 0.05) is 12.8 Å². The van der Waals surface area contributed by atoms with Crippen LogP contribution >= 0.6 is 0 Å². The number of rotatable bonds is 3. The number of benzene rings is 1. The summed E-state index contributed by atoms with van der Waals surface area (Å²) >= 11 is 0. The molecule has 0 unspecified atom stereocenters. The molecule has 3 nitrogen and oxygen atoms in total. The van der Waals surface area contributed by atoms with E-state index in [1.807, 2.05) is 0 Å². The second-order valence-corrected chi connectivity index (χ2v) is 4.15. The van der Waals surface area contributed by atoms with Crippen molar-refractivity contribution in [3.05, 3.63) is 46.5 Å². The van der Waals surface area contributed by atoms with E-state index >= 15 is 0 Å². The van der Waals surface area contributed by atoms with Crippen molar-refractivity contribution in [2.45, 2.75) is 33.6 Å². The third kappa shape index (κ3) is 2.30. The van der Waals surface area contributed by atoms with Crippen LogP contribution in [0.5, 0.6) is 0 Å². The molecule has 3 heteroatoms. The molecule has 0 aliphatic heterocycles. The van der Waals surface area contributed by atoms with Crippen LogP contribution in [0.25, 0.3) is 0 Å². The number of nitrogens with zero attached hydrogens (tertiary/aromatic N) is 2. The summed E-state index contributed by atoms with van der Waals surface area (Å²) in [4.78, 5) is 4.41. The maximum atomic E-state index is 4.41.